The molecule has 0 atom stereocenters. The van der Waals surface area contributed by atoms with Crippen LogP contribution in [0.4, 0.5) is 4.39 Å². The van der Waals surface area contributed by atoms with Gasteiger partial charge in [-0.1, -0.05) is 34.1 Å². The van der Waals surface area contributed by atoms with E-state index in [0.717, 1.165) is 0 Å². The van der Waals surface area contributed by atoms with Gasteiger partial charge in [-0.2, -0.15) is 0 Å². The number of carbonyl (C=O) groups excluding carboxylic acids is 1. The first-order chi connectivity index (χ1) is 7.15. The van der Waals surface area contributed by atoms with Crippen LogP contribution >= 0.6 is 15.9 Å². The standard InChI is InChI=1S/C11H10BrFO2/c1-15-11(14)7-2-4-8-9(12)5-3-6-10(8)13/h2-6H,7H2,1H3. The number of rotatable bonds is 3. The second-order valence-electron chi connectivity index (χ2n) is 2.82. The van der Waals surface area contributed by atoms with Gasteiger partial charge in [0.05, 0.1) is 13.5 Å². The van der Waals surface area contributed by atoms with Gasteiger partial charge in [-0.3, -0.25) is 4.79 Å². The Morgan fingerprint density at radius 2 is 2.33 bits per heavy atom. The molecule has 2 nitrogen and oxygen atoms in total. The summed E-state index contributed by atoms with van der Waals surface area (Å²) in [6.07, 6.45) is 3.25. The summed E-state index contributed by atoms with van der Waals surface area (Å²) >= 11 is 3.22. The molecular formula is C11H10BrFO2. The first-order valence-corrected chi connectivity index (χ1v) is 5.12. The minimum atomic E-state index is -0.348. The highest BCUT2D eigenvalue weighted by Crippen LogP contribution is 2.21. The van der Waals surface area contributed by atoms with Gasteiger partial charge in [0.1, 0.15) is 5.82 Å². The Morgan fingerprint density at radius 3 is 2.93 bits per heavy atom. The number of carbonyl (C=O) groups is 1. The van der Waals surface area contributed by atoms with Crippen molar-refractivity contribution in [3.8, 4) is 0 Å². The molecule has 0 aromatic heterocycles. The zero-order valence-electron chi connectivity index (χ0n) is 8.17. The van der Waals surface area contributed by atoms with Crippen LogP contribution in [-0.2, 0) is 9.53 Å². The molecule has 0 N–H and O–H groups in total. The summed E-state index contributed by atoms with van der Waals surface area (Å²) in [6, 6.07) is 4.71. The monoisotopic (exact) mass is 272 g/mol. The van der Waals surface area contributed by atoms with Crippen LogP contribution in [0.5, 0.6) is 0 Å². The van der Waals surface area contributed by atoms with E-state index < -0.39 is 0 Å². The molecule has 0 saturated carbocycles. The smallest absolute Gasteiger partial charge is 0.309 e. The molecule has 0 unspecified atom stereocenters. The Morgan fingerprint density at radius 1 is 1.60 bits per heavy atom. The van der Waals surface area contributed by atoms with E-state index >= 15 is 0 Å². The summed E-state index contributed by atoms with van der Waals surface area (Å²) in [4.78, 5) is 10.8. The molecule has 0 amide bonds. The second kappa shape index (κ2) is 5.66. The normalized spacial score (nSPS) is 10.6. The summed E-state index contributed by atoms with van der Waals surface area (Å²) in [7, 11) is 1.31. The molecule has 0 aliphatic heterocycles. The molecule has 0 spiro atoms. The van der Waals surface area contributed by atoms with Gasteiger partial charge in [0.25, 0.3) is 0 Å². The molecule has 0 aliphatic carbocycles. The van der Waals surface area contributed by atoms with Crippen molar-refractivity contribution in [3.05, 3.63) is 40.1 Å². The van der Waals surface area contributed by atoms with Crippen LogP contribution in [0, 0.1) is 5.82 Å². The number of benzene rings is 1. The van der Waals surface area contributed by atoms with Crippen LogP contribution in [0.15, 0.2) is 28.7 Å². The van der Waals surface area contributed by atoms with Crippen LogP contribution in [0.1, 0.15) is 12.0 Å². The topological polar surface area (TPSA) is 26.3 Å². The van der Waals surface area contributed by atoms with Crippen LogP contribution < -0.4 is 0 Å². The molecule has 15 heavy (non-hydrogen) atoms. The fourth-order valence-corrected chi connectivity index (χ4v) is 1.50. The van der Waals surface area contributed by atoms with Crippen molar-refractivity contribution >= 4 is 28.0 Å². The van der Waals surface area contributed by atoms with E-state index in [2.05, 4.69) is 20.7 Å². The average Bonchev–Trinajstić information content (AvgIpc) is 2.22. The zero-order valence-corrected chi connectivity index (χ0v) is 9.75. The Kier molecular flexibility index (Phi) is 4.49. The van der Waals surface area contributed by atoms with Crippen LogP contribution in [0.25, 0.3) is 6.08 Å². The number of methoxy groups -OCH3 is 1. The first-order valence-electron chi connectivity index (χ1n) is 4.32. The fourth-order valence-electron chi connectivity index (χ4n) is 1.03. The van der Waals surface area contributed by atoms with Gasteiger partial charge in [-0.05, 0) is 12.1 Å². The number of esters is 1. The molecule has 0 saturated heterocycles. The summed E-state index contributed by atoms with van der Waals surface area (Å²) in [6.45, 7) is 0. The van der Waals surface area contributed by atoms with Crippen molar-refractivity contribution < 1.29 is 13.9 Å². The van der Waals surface area contributed by atoms with Gasteiger partial charge in [-0.25, -0.2) is 4.39 Å². The van der Waals surface area contributed by atoms with E-state index in [0.29, 0.717) is 10.0 Å². The predicted molar refractivity (Wildman–Crippen MR) is 59.8 cm³/mol. The zero-order chi connectivity index (χ0) is 11.3. The molecular weight excluding hydrogens is 263 g/mol. The number of hydrogen-bond donors (Lipinski definition) is 0. The van der Waals surface area contributed by atoms with Gasteiger partial charge >= 0.3 is 5.97 Å². The van der Waals surface area contributed by atoms with E-state index in [4.69, 9.17) is 0 Å². The molecule has 0 radical (unpaired) electrons. The van der Waals surface area contributed by atoms with Gasteiger partial charge in [0, 0.05) is 10.0 Å². The highest BCUT2D eigenvalue weighted by atomic mass is 79.9. The van der Waals surface area contributed by atoms with Crippen LogP contribution in [0.3, 0.4) is 0 Å². The third kappa shape index (κ3) is 3.47. The molecule has 0 bridgehead atoms. The summed E-state index contributed by atoms with van der Waals surface area (Å²) in [5.74, 6) is -0.677. The lowest BCUT2D eigenvalue weighted by Gasteiger charge is -1.99. The Hall–Kier alpha value is -1.16. The minimum Gasteiger partial charge on any atom is -0.469 e. The van der Waals surface area contributed by atoms with Crippen LogP contribution in [0.2, 0.25) is 0 Å². The number of hydrogen-bond acceptors (Lipinski definition) is 2. The average molecular weight is 273 g/mol. The molecule has 0 aliphatic rings. The quantitative estimate of drug-likeness (QED) is 0.791. The maximum absolute atomic E-state index is 13.3. The molecule has 1 aromatic rings. The molecule has 1 rings (SSSR count). The molecule has 80 valence electrons. The van der Waals surface area contributed by atoms with Gasteiger partial charge < -0.3 is 4.74 Å². The van der Waals surface area contributed by atoms with Gasteiger partial charge in [0.15, 0.2) is 0 Å². The summed E-state index contributed by atoms with van der Waals surface area (Å²) in [5.41, 5.74) is 0.432. The van der Waals surface area contributed by atoms with Gasteiger partial charge in [-0.15, -0.1) is 0 Å². The van der Waals surface area contributed by atoms with Crippen LogP contribution in [-0.4, -0.2) is 13.1 Å². The summed E-state index contributed by atoms with van der Waals surface area (Å²) in [5, 5.41) is 0. The van der Waals surface area contributed by atoms with E-state index in [1.165, 1.54) is 13.2 Å². The van der Waals surface area contributed by atoms with Crippen molar-refractivity contribution in [2.24, 2.45) is 0 Å². The minimum absolute atomic E-state index is 0.136. The highest BCUT2D eigenvalue weighted by Gasteiger charge is 2.02. The lowest BCUT2D eigenvalue weighted by molar-refractivity contribution is -0.139. The second-order valence-corrected chi connectivity index (χ2v) is 3.67. The number of ether oxygens (including phenoxy) is 1. The largest absolute Gasteiger partial charge is 0.469 e. The van der Waals surface area contributed by atoms with Crippen molar-refractivity contribution in [3.63, 3.8) is 0 Å². The van der Waals surface area contributed by atoms with E-state index in [-0.39, 0.29) is 18.2 Å². The van der Waals surface area contributed by atoms with E-state index in [1.807, 2.05) is 0 Å². The maximum atomic E-state index is 13.3. The van der Waals surface area contributed by atoms with Crippen molar-refractivity contribution in [2.45, 2.75) is 6.42 Å². The van der Waals surface area contributed by atoms with Crippen molar-refractivity contribution in [1.29, 1.82) is 0 Å². The maximum Gasteiger partial charge on any atom is 0.309 e. The molecule has 0 fully saturated rings. The molecule has 0 heterocycles. The SMILES string of the molecule is COC(=O)CC=Cc1c(F)cccc1Br. The lowest BCUT2D eigenvalue weighted by atomic mass is 10.2. The first kappa shape index (κ1) is 11.9. The Bertz CT molecular complexity index is 368. The van der Waals surface area contributed by atoms with E-state index in [1.54, 1.807) is 24.3 Å². The predicted octanol–water partition coefficient (Wildman–Crippen LogP) is 3.16. The van der Waals surface area contributed by atoms with Crippen molar-refractivity contribution in [2.75, 3.05) is 7.11 Å². The van der Waals surface area contributed by atoms with Gasteiger partial charge in [0.2, 0.25) is 0 Å². The Balaban J connectivity index is 2.76. The Labute approximate surface area is 95.9 Å². The fraction of sp³-hybridized carbons (Fsp3) is 0.182. The third-order valence-corrected chi connectivity index (χ3v) is 2.49. The van der Waals surface area contributed by atoms with E-state index in [9.17, 15) is 9.18 Å². The number of halogens is 2. The highest BCUT2D eigenvalue weighted by molar-refractivity contribution is 9.10. The molecule has 4 heteroatoms. The third-order valence-electron chi connectivity index (χ3n) is 1.80. The van der Waals surface area contributed by atoms with Crippen molar-refractivity contribution in [1.82, 2.24) is 0 Å². The summed E-state index contributed by atoms with van der Waals surface area (Å²) < 4.78 is 18.4. The lowest BCUT2D eigenvalue weighted by Crippen LogP contribution is -1.96. The molecule has 1 aromatic carbocycles.